The standard InChI is InChI=1S/C15H12N2O2S/c1-10-4-5-17-15(12(10)9-16)20-11-2-3-13-14(8-11)19-7-6-18-13/h2-5,8H,6-7H2,1H3. The van der Waals surface area contributed by atoms with Gasteiger partial charge in [0, 0.05) is 11.1 Å². The monoisotopic (exact) mass is 284 g/mol. The largest absolute Gasteiger partial charge is 0.486 e. The first-order chi connectivity index (χ1) is 9.78. The fourth-order valence-electron chi connectivity index (χ4n) is 1.95. The van der Waals surface area contributed by atoms with E-state index in [1.165, 1.54) is 11.8 Å². The molecule has 0 saturated heterocycles. The van der Waals surface area contributed by atoms with Gasteiger partial charge >= 0.3 is 0 Å². The number of pyridine rings is 1. The number of fused-ring (bicyclic) bond motifs is 1. The van der Waals surface area contributed by atoms with Crippen molar-refractivity contribution in [3.63, 3.8) is 0 Å². The SMILES string of the molecule is Cc1ccnc(Sc2ccc3c(c2)OCCO3)c1C#N. The average molecular weight is 284 g/mol. The van der Waals surface area contributed by atoms with Crippen molar-refractivity contribution < 1.29 is 9.47 Å². The molecule has 1 aliphatic rings. The third kappa shape index (κ3) is 2.43. The number of hydrogen-bond donors (Lipinski definition) is 0. The molecule has 20 heavy (non-hydrogen) atoms. The number of aryl methyl sites for hydroxylation is 1. The molecule has 0 bridgehead atoms. The van der Waals surface area contributed by atoms with Gasteiger partial charge in [-0.2, -0.15) is 5.26 Å². The summed E-state index contributed by atoms with van der Waals surface area (Å²) in [7, 11) is 0. The van der Waals surface area contributed by atoms with E-state index in [4.69, 9.17) is 9.47 Å². The Kier molecular flexibility index (Phi) is 3.48. The van der Waals surface area contributed by atoms with Gasteiger partial charge in [0.05, 0.1) is 5.56 Å². The molecule has 0 N–H and O–H groups in total. The lowest BCUT2D eigenvalue weighted by Crippen LogP contribution is -2.15. The highest BCUT2D eigenvalue weighted by atomic mass is 32.2. The Labute approximate surface area is 121 Å². The molecule has 2 aromatic rings. The normalized spacial score (nSPS) is 12.8. The van der Waals surface area contributed by atoms with Gasteiger partial charge < -0.3 is 9.47 Å². The minimum atomic E-state index is 0.563. The molecular weight excluding hydrogens is 272 g/mol. The van der Waals surface area contributed by atoms with Gasteiger partial charge in [-0.15, -0.1) is 0 Å². The molecule has 0 saturated carbocycles. The summed E-state index contributed by atoms with van der Waals surface area (Å²) in [4.78, 5) is 5.26. The van der Waals surface area contributed by atoms with Crippen LogP contribution >= 0.6 is 11.8 Å². The second-order valence-corrected chi connectivity index (χ2v) is 5.39. The van der Waals surface area contributed by atoms with E-state index in [2.05, 4.69) is 11.1 Å². The lowest BCUT2D eigenvalue weighted by atomic mass is 10.2. The predicted molar refractivity (Wildman–Crippen MR) is 75.2 cm³/mol. The lowest BCUT2D eigenvalue weighted by Gasteiger charge is -2.18. The maximum atomic E-state index is 9.22. The van der Waals surface area contributed by atoms with Crippen LogP contribution in [0.25, 0.3) is 0 Å². The Balaban J connectivity index is 1.92. The van der Waals surface area contributed by atoms with Crippen molar-refractivity contribution in [1.82, 2.24) is 4.98 Å². The van der Waals surface area contributed by atoms with Crippen LogP contribution in [0.2, 0.25) is 0 Å². The minimum Gasteiger partial charge on any atom is -0.486 e. The van der Waals surface area contributed by atoms with Crippen molar-refractivity contribution in [2.45, 2.75) is 16.8 Å². The summed E-state index contributed by atoms with van der Waals surface area (Å²) in [5.41, 5.74) is 1.55. The van der Waals surface area contributed by atoms with E-state index in [1.807, 2.05) is 31.2 Å². The number of nitrogens with zero attached hydrogens (tertiary/aromatic N) is 2. The van der Waals surface area contributed by atoms with Gasteiger partial charge in [0.1, 0.15) is 24.3 Å². The van der Waals surface area contributed by atoms with Crippen LogP contribution in [-0.2, 0) is 0 Å². The maximum Gasteiger partial charge on any atom is 0.162 e. The maximum absolute atomic E-state index is 9.22. The highest BCUT2D eigenvalue weighted by molar-refractivity contribution is 7.99. The first kappa shape index (κ1) is 12.8. The number of rotatable bonds is 2. The molecule has 1 aromatic carbocycles. The second kappa shape index (κ2) is 5.43. The zero-order valence-corrected chi connectivity index (χ0v) is 11.7. The Morgan fingerprint density at radius 1 is 1.20 bits per heavy atom. The molecule has 5 heteroatoms. The molecule has 0 radical (unpaired) electrons. The van der Waals surface area contributed by atoms with E-state index in [-0.39, 0.29) is 0 Å². The van der Waals surface area contributed by atoms with Crippen LogP contribution in [0.3, 0.4) is 0 Å². The number of nitriles is 1. The molecule has 3 rings (SSSR count). The van der Waals surface area contributed by atoms with Gasteiger partial charge in [0.25, 0.3) is 0 Å². The molecule has 1 aliphatic heterocycles. The van der Waals surface area contributed by atoms with E-state index in [1.54, 1.807) is 6.20 Å². The van der Waals surface area contributed by atoms with Gasteiger partial charge in [-0.1, -0.05) is 11.8 Å². The quantitative estimate of drug-likeness (QED) is 0.847. The molecule has 1 aromatic heterocycles. The van der Waals surface area contributed by atoms with Crippen molar-refractivity contribution in [2.75, 3.05) is 13.2 Å². The predicted octanol–water partition coefficient (Wildman–Crippen LogP) is 3.18. The van der Waals surface area contributed by atoms with E-state index >= 15 is 0 Å². The summed E-state index contributed by atoms with van der Waals surface area (Å²) in [5.74, 6) is 1.51. The van der Waals surface area contributed by atoms with E-state index in [0.717, 1.165) is 22.0 Å². The van der Waals surface area contributed by atoms with Crippen LogP contribution in [0.15, 0.2) is 40.4 Å². The molecule has 0 aliphatic carbocycles. The van der Waals surface area contributed by atoms with Crippen molar-refractivity contribution in [2.24, 2.45) is 0 Å². The zero-order valence-electron chi connectivity index (χ0n) is 10.9. The van der Waals surface area contributed by atoms with Crippen LogP contribution in [0, 0.1) is 18.3 Å². The lowest BCUT2D eigenvalue weighted by molar-refractivity contribution is 0.171. The fraction of sp³-hybridized carbons (Fsp3) is 0.200. The first-order valence-corrected chi connectivity index (χ1v) is 7.03. The Hall–Kier alpha value is -2.19. The fourth-order valence-corrected chi connectivity index (χ4v) is 2.89. The van der Waals surface area contributed by atoms with Gasteiger partial charge in [-0.05, 0) is 36.8 Å². The van der Waals surface area contributed by atoms with E-state index in [9.17, 15) is 5.26 Å². The highest BCUT2D eigenvalue weighted by Gasteiger charge is 2.14. The minimum absolute atomic E-state index is 0.563. The molecule has 0 unspecified atom stereocenters. The van der Waals surface area contributed by atoms with E-state index in [0.29, 0.717) is 23.8 Å². The molecule has 2 heterocycles. The van der Waals surface area contributed by atoms with Crippen molar-refractivity contribution in [3.05, 3.63) is 41.6 Å². The zero-order chi connectivity index (χ0) is 13.9. The molecule has 0 amide bonds. The molecule has 0 fully saturated rings. The van der Waals surface area contributed by atoms with Crippen LogP contribution in [0.4, 0.5) is 0 Å². The van der Waals surface area contributed by atoms with Gasteiger partial charge in [-0.25, -0.2) is 4.98 Å². The highest BCUT2D eigenvalue weighted by Crippen LogP contribution is 2.37. The molecule has 0 spiro atoms. The summed E-state index contributed by atoms with van der Waals surface area (Å²) in [5, 5.41) is 9.93. The Morgan fingerprint density at radius 3 is 2.80 bits per heavy atom. The van der Waals surface area contributed by atoms with Crippen molar-refractivity contribution in [3.8, 4) is 17.6 Å². The average Bonchev–Trinajstić information content (AvgIpc) is 2.47. The molecule has 4 nitrogen and oxygen atoms in total. The Morgan fingerprint density at radius 2 is 2.00 bits per heavy atom. The number of aromatic nitrogens is 1. The summed E-state index contributed by atoms with van der Waals surface area (Å²) >= 11 is 1.46. The first-order valence-electron chi connectivity index (χ1n) is 6.21. The van der Waals surface area contributed by atoms with Crippen molar-refractivity contribution in [1.29, 1.82) is 5.26 Å². The number of ether oxygens (including phenoxy) is 2. The van der Waals surface area contributed by atoms with E-state index < -0.39 is 0 Å². The molecular formula is C15H12N2O2S. The third-order valence-corrected chi connectivity index (χ3v) is 3.96. The summed E-state index contributed by atoms with van der Waals surface area (Å²) in [6, 6.07) is 9.80. The van der Waals surface area contributed by atoms with Crippen LogP contribution < -0.4 is 9.47 Å². The number of benzene rings is 1. The van der Waals surface area contributed by atoms with Gasteiger partial charge in [0.15, 0.2) is 11.5 Å². The molecule has 0 atom stereocenters. The second-order valence-electron chi connectivity index (χ2n) is 4.33. The Bertz CT molecular complexity index is 695. The smallest absolute Gasteiger partial charge is 0.162 e. The van der Waals surface area contributed by atoms with Crippen LogP contribution in [0.5, 0.6) is 11.5 Å². The summed E-state index contributed by atoms with van der Waals surface area (Å²) < 4.78 is 11.0. The van der Waals surface area contributed by atoms with Crippen LogP contribution in [0.1, 0.15) is 11.1 Å². The van der Waals surface area contributed by atoms with Gasteiger partial charge in [-0.3, -0.25) is 0 Å². The molecule has 100 valence electrons. The third-order valence-electron chi connectivity index (χ3n) is 2.96. The number of hydrogen-bond acceptors (Lipinski definition) is 5. The summed E-state index contributed by atoms with van der Waals surface area (Å²) in [6.45, 7) is 3.05. The van der Waals surface area contributed by atoms with Crippen LogP contribution in [-0.4, -0.2) is 18.2 Å². The summed E-state index contributed by atoms with van der Waals surface area (Å²) in [6.07, 6.45) is 1.72. The topological polar surface area (TPSA) is 55.1 Å². The van der Waals surface area contributed by atoms with Gasteiger partial charge in [0.2, 0.25) is 0 Å². The van der Waals surface area contributed by atoms with Crippen molar-refractivity contribution >= 4 is 11.8 Å².